The Labute approximate surface area is 87.2 Å². The summed E-state index contributed by atoms with van der Waals surface area (Å²) in [4.78, 5) is 0. The van der Waals surface area contributed by atoms with E-state index in [-0.39, 0.29) is 0 Å². The van der Waals surface area contributed by atoms with Crippen molar-refractivity contribution in [2.24, 2.45) is 5.92 Å². The molecule has 1 saturated heterocycles. The van der Waals surface area contributed by atoms with Crippen molar-refractivity contribution in [2.45, 2.75) is 32.7 Å². The van der Waals surface area contributed by atoms with Crippen molar-refractivity contribution in [3.05, 3.63) is 0 Å². The van der Waals surface area contributed by atoms with Gasteiger partial charge in [0.2, 0.25) is 0 Å². The van der Waals surface area contributed by atoms with Crippen molar-refractivity contribution >= 4 is 0 Å². The molecule has 0 spiro atoms. The normalized spacial score (nSPS) is 24.9. The van der Waals surface area contributed by atoms with E-state index in [9.17, 15) is 0 Å². The highest BCUT2D eigenvalue weighted by molar-refractivity contribution is 4.68. The quantitative estimate of drug-likeness (QED) is 0.705. The standard InChI is InChI=1S/C11H23NO2/c1-3-13-8-10(2)12-7-11-5-4-6-14-9-11/h10-12H,3-9H2,1-2H3. The first-order valence-electron chi connectivity index (χ1n) is 5.71. The van der Waals surface area contributed by atoms with Crippen LogP contribution in [0.5, 0.6) is 0 Å². The van der Waals surface area contributed by atoms with E-state index in [1.807, 2.05) is 6.92 Å². The Balaban J connectivity index is 2.00. The highest BCUT2D eigenvalue weighted by Gasteiger charge is 2.14. The summed E-state index contributed by atoms with van der Waals surface area (Å²) in [7, 11) is 0. The van der Waals surface area contributed by atoms with E-state index in [0.717, 1.165) is 33.0 Å². The molecule has 1 N–H and O–H groups in total. The molecule has 0 bridgehead atoms. The highest BCUT2D eigenvalue weighted by atomic mass is 16.5. The number of hydrogen-bond donors (Lipinski definition) is 1. The maximum Gasteiger partial charge on any atom is 0.0616 e. The number of hydrogen-bond acceptors (Lipinski definition) is 3. The van der Waals surface area contributed by atoms with Crippen LogP contribution in [0.25, 0.3) is 0 Å². The lowest BCUT2D eigenvalue weighted by Crippen LogP contribution is -2.37. The second-order valence-electron chi connectivity index (χ2n) is 4.05. The molecule has 0 amide bonds. The van der Waals surface area contributed by atoms with Crippen LogP contribution in [-0.2, 0) is 9.47 Å². The number of rotatable bonds is 6. The third kappa shape index (κ3) is 4.94. The second kappa shape index (κ2) is 7.21. The second-order valence-corrected chi connectivity index (χ2v) is 4.05. The fourth-order valence-corrected chi connectivity index (χ4v) is 1.69. The molecule has 1 aliphatic rings. The van der Waals surface area contributed by atoms with Crippen LogP contribution in [0.15, 0.2) is 0 Å². The van der Waals surface area contributed by atoms with E-state index in [1.165, 1.54) is 12.8 Å². The minimum Gasteiger partial charge on any atom is -0.381 e. The molecule has 3 nitrogen and oxygen atoms in total. The van der Waals surface area contributed by atoms with Crippen molar-refractivity contribution in [3.8, 4) is 0 Å². The summed E-state index contributed by atoms with van der Waals surface area (Å²) in [6.07, 6.45) is 2.51. The Morgan fingerprint density at radius 1 is 1.57 bits per heavy atom. The molecule has 0 aliphatic carbocycles. The van der Waals surface area contributed by atoms with Gasteiger partial charge in [-0.15, -0.1) is 0 Å². The molecule has 1 aliphatic heterocycles. The topological polar surface area (TPSA) is 30.5 Å². The Bertz CT molecular complexity index is 135. The van der Waals surface area contributed by atoms with Gasteiger partial charge in [0.25, 0.3) is 0 Å². The number of ether oxygens (including phenoxy) is 2. The van der Waals surface area contributed by atoms with E-state index in [4.69, 9.17) is 9.47 Å². The SMILES string of the molecule is CCOCC(C)NCC1CCCOC1. The lowest BCUT2D eigenvalue weighted by Gasteiger charge is -2.24. The fraction of sp³-hybridized carbons (Fsp3) is 1.00. The smallest absolute Gasteiger partial charge is 0.0616 e. The summed E-state index contributed by atoms with van der Waals surface area (Å²) in [5.41, 5.74) is 0. The van der Waals surface area contributed by atoms with Crippen LogP contribution >= 0.6 is 0 Å². The van der Waals surface area contributed by atoms with Gasteiger partial charge in [0, 0.05) is 25.8 Å². The van der Waals surface area contributed by atoms with Crippen molar-refractivity contribution in [1.82, 2.24) is 5.32 Å². The molecule has 1 fully saturated rings. The molecule has 2 atom stereocenters. The largest absolute Gasteiger partial charge is 0.381 e. The summed E-state index contributed by atoms with van der Waals surface area (Å²) in [5.74, 6) is 0.702. The molecular weight excluding hydrogens is 178 g/mol. The zero-order valence-electron chi connectivity index (χ0n) is 9.42. The Morgan fingerprint density at radius 2 is 2.43 bits per heavy atom. The Hall–Kier alpha value is -0.120. The van der Waals surface area contributed by atoms with E-state index >= 15 is 0 Å². The van der Waals surface area contributed by atoms with Gasteiger partial charge in [0.05, 0.1) is 13.2 Å². The van der Waals surface area contributed by atoms with Gasteiger partial charge in [0.15, 0.2) is 0 Å². The van der Waals surface area contributed by atoms with Gasteiger partial charge in [-0.05, 0) is 32.6 Å². The van der Waals surface area contributed by atoms with Gasteiger partial charge in [-0.3, -0.25) is 0 Å². The molecule has 0 aromatic rings. The fourth-order valence-electron chi connectivity index (χ4n) is 1.69. The minimum absolute atomic E-state index is 0.455. The Kier molecular flexibility index (Phi) is 6.15. The van der Waals surface area contributed by atoms with Crippen molar-refractivity contribution in [2.75, 3.05) is 33.0 Å². The summed E-state index contributed by atoms with van der Waals surface area (Å²) in [6, 6.07) is 0.455. The van der Waals surface area contributed by atoms with Crippen LogP contribution in [0.1, 0.15) is 26.7 Å². The zero-order valence-corrected chi connectivity index (χ0v) is 9.42. The average Bonchev–Trinajstić information content (AvgIpc) is 2.25. The maximum atomic E-state index is 5.42. The third-order valence-corrected chi connectivity index (χ3v) is 2.58. The van der Waals surface area contributed by atoms with Gasteiger partial charge in [0.1, 0.15) is 0 Å². The number of nitrogens with one attached hydrogen (secondary N) is 1. The maximum absolute atomic E-state index is 5.42. The van der Waals surface area contributed by atoms with E-state index in [1.54, 1.807) is 0 Å². The molecule has 0 aromatic carbocycles. The zero-order chi connectivity index (χ0) is 10.2. The molecule has 1 heterocycles. The first-order valence-corrected chi connectivity index (χ1v) is 5.71. The summed E-state index contributed by atoms with van der Waals surface area (Å²) in [6.45, 7) is 8.75. The lowest BCUT2D eigenvalue weighted by atomic mass is 10.0. The lowest BCUT2D eigenvalue weighted by molar-refractivity contribution is 0.0515. The summed E-state index contributed by atoms with van der Waals surface area (Å²) >= 11 is 0. The molecular formula is C11H23NO2. The molecule has 1 rings (SSSR count). The van der Waals surface area contributed by atoms with Gasteiger partial charge < -0.3 is 14.8 Å². The third-order valence-electron chi connectivity index (χ3n) is 2.58. The first kappa shape index (κ1) is 12.0. The molecule has 14 heavy (non-hydrogen) atoms. The van der Waals surface area contributed by atoms with Crippen LogP contribution in [0.2, 0.25) is 0 Å². The summed E-state index contributed by atoms with van der Waals surface area (Å²) < 4.78 is 10.8. The van der Waals surface area contributed by atoms with Crippen molar-refractivity contribution < 1.29 is 9.47 Å². The van der Waals surface area contributed by atoms with Crippen molar-refractivity contribution in [3.63, 3.8) is 0 Å². The molecule has 2 unspecified atom stereocenters. The predicted octanol–water partition coefficient (Wildman–Crippen LogP) is 1.43. The van der Waals surface area contributed by atoms with Crippen LogP contribution in [-0.4, -0.2) is 39.0 Å². The predicted molar refractivity (Wildman–Crippen MR) is 57.5 cm³/mol. The van der Waals surface area contributed by atoms with E-state index in [2.05, 4.69) is 12.2 Å². The van der Waals surface area contributed by atoms with Gasteiger partial charge in [-0.25, -0.2) is 0 Å². The molecule has 84 valence electrons. The van der Waals surface area contributed by atoms with E-state index < -0.39 is 0 Å². The van der Waals surface area contributed by atoms with Crippen LogP contribution < -0.4 is 5.32 Å². The Morgan fingerprint density at radius 3 is 3.07 bits per heavy atom. The molecule has 0 radical (unpaired) electrons. The minimum atomic E-state index is 0.455. The molecule has 3 heteroatoms. The average molecular weight is 201 g/mol. The van der Waals surface area contributed by atoms with Crippen LogP contribution in [0, 0.1) is 5.92 Å². The van der Waals surface area contributed by atoms with Crippen LogP contribution in [0.4, 0.5) is 0 Å². The first-order chi connectivity index (χ1) is 6.83. The molecule has 0 saturated carbocycles. The van der Waals surface area contributed by atoms with Gasteiger partial charge in [-0.1, -0.05) is 0 Å². The van der Waals surface area contributed by atoms with Crippen LogP contribution in [0.3, 0.4) is 0 Å². The van der Waals surface area contributed by atoms with Gasteiger partial charge >= 0.3 is 0 Å². The van der Waals surface area contributed by atoms with Gasteiger partial charge in [-0.2, -0.15) is 0 Å². The highest BCUT2D eigenvalue weighted by Crippen LogP contribution is 2.12. The van der Waals surface area contributed by atoms with Crippen molar-refractivity contribution in [1.29, 1.82) is 0 Å². The monoisotopic (exact) mass is 201 g/mol. The van der Waals surface area contributed by atoms with E-state index in [0.29, 0.717) is 12.0 Å². The summed E-state index contributed by atoms with van der Waals surface area (Å²) in [5, 5.41) is 3.48. The molecule has 0 aromatic heterocycles.